The number of carbonyl (C=O) groups excluding carboxylic acids is 2. The molecule has 2 heterocycles. The van der Waals surface area contributed by atoms with Crippen LogP contribution in [-0.4, -0.2) is 81.0 Å². The van der Waals surface area contributed by atoms with Crippen LogP contribution < -0.4 is 0 Å². The highest BCUT2D eigenvalue weighted by atomic mass is 28.4. The van der Waals surface area contributed by atoms with E-state index in [1.807, 2.05) is 18.2 Å². The van der Waals surface area contributed by atoms with E-state index >= 15 is 0 Å². The standard InChI is InChI=1S/C39H58O9Si/c1-10-31-45-33-32(25(5)28(20-22-40)48-49(11-2,12-3)13-4)37(7,8)23-29(44-36(42)27-17-15-14-16-18-27)34-38(9,35(33)46-31)21-19-30-39(34,24-43-30)47-26(6)41/h10,14-18,28-31,33-35,40H,1,11-13,19-24H2,2-9H3/b32-25-/t28?,29?,30?,31?,33?,34?,35?,38-,39?/m1/s1. The molecule has 0 radical (unpaired) electrons. The predicted molar refractivity (Wildman–Crippen MR) is 189 cm³/mol. The molecule has 49 heavy (non-hydrogen) atoms. The predicted octanol–water partition coefficient (Wildman–Crippen LogP) is 7.14. The Balaban J connectivity index is 1.72. The summed E-state index contributed by atoms with van der Waals surface area (Å²) in [5.74, 6) is -1.27. The lowest BCUT2D eigenvalue weighted by Gasteiger charge is -2.64. The largest absolute Gasteiger partial charge is 0.458 e. The Morgan fingerprint density at radius 3 is 2.31 bits per heavy atom. The SMILES string of the molecule is C=CC1OC2/C(=C(\C)C(CCO)O[Si](CC)(CC)CC)C(C)(C)CC(OC(=O)c3ccccc3)C3C4(OC(C)=O)COC4CC[C@@]3(C)C2O1. The number of benzene rings is 1. The number of aliphatic hydroxyl groups excluding tert-OH is 1. The van der Waals surface area contributed by atoms with Gasteiger partial charge in [-0.15, -0.1) is 0 Å². The Morgan fingerprint density at radius 2 is 1.76 bits per heavy atom. The topological polar surface area (TPSA) is 110 Å². The number of ether oxygens (including phenoxy) is 5. The van der Waals surface area contributed by atoms with E-state index in [0.717, 1.165) is 29.3 Å². The fraction of sp³-hybridized carbons (Fsp3) is 0.692. The van der Waals surface area contributed by atoms with Gasteiger partial charge >= 0.3 is 11.9 Å². The van der Waals surface area contributed by atoms with Gasteiger partial charge in [0.15, 0.2) is 20.2 Å². The van der Waals surface area contributed by atoms with Crippen LogP contribution in [0.1, 0.15) is 91.4 Å². The normalized spacial score (nSPS) is 35.3. The van der Waals surface area contributed by atoms with Crippen molar-refractivity contribution in [2.75, 3.05) is 13.2 Å². The Kier molecular flexibility index (Phi) is 11.4. The van der Waals surface area contributed by atoms with E-state index in [1.54, 1.807) is 18.2 Å². The Labute approximate surface area is 293 Å². The van der Waals surface area contributed by atoms with Crippen molar-refractivity contribution in [2.24, 2.45) is 16.7 Å². The van der Waals surface area contributed by atoms with Crippen LogP contribution in [0.3, 0.4) is 0 Å². The first-order valence-corrected chi connectivity index (χ1v) is 20.8. The molecular formula is C39H58O9Si. The fourth-order valence-corrected chi connectivity index (χ4v) is 12.5. The minimum absolute atomic E-state index is 0.0124. The summed E-state index contributed by atoms with van der Waals surface area (Å²) in [6.07, 6.45) is 0.985. The lowest BCUT2D eigenvalue weighted by molar-refractivity contribution is -0.329. The number of carbonyl (C=O) groups is 2. The van der Waals surface area contributed by atoms with E-state index in [-0.39, 0.29) is 25.4 Å². The van der Waals surface area contributed by atoms with E-state index in [9.17, 15) is 14.7 Å². The molecule has 0 bridgehead atoms. The molecule has 10 heteroatoms. The number of fused-ring (bicyclic) bond motifs is 5. The van der Waals surface area contributed by atoms with Crippen molar-refractivity contribution < 1.29 is 42.8 Å². The Morgan fingerprint density at radius 1 is 1.08 bits per heavy atom. The lowest BCUT2D eigenvalue weighted by atomic mass is 9.49. The van der Waals surface area contributed by atoms with Gasteiger partial charge in [0.2, 0.25) is 0 Å². The second kappa shape index (κ2) is 14.7. The van der Waals surface area contributed by atoms with E-state index in [2.05, 4.69) is 55.0 Å². The highest BCUT2D eigenvalue weighted by Crippen LogP contribution is 2.63. The van der Waals surface area contributed by atoms with Crippen LogP contribution >= 0.6 is 0 Å². The van der Waals surface area contributed by atoms with E-state index in [4.69, 9.17) is 28.1 Å². The van der Waals surface area contributed by atoms with Gasteiger partial charge in [-0.1, -0.05) is 66.3 Å². The van der Waals surface area contributed by atoms with Crippen molar-refractivity contribution in [1.82, 2.24) is 0 Å². The van der Waals surface area contributed by atoms with Crippen molar-refractivity contribution in [3.8, 4) is 0 Å². The maximum Gasteiger partial charge on any atom is 0.338 e. The summed E-state index contributed by atoms with van der Waals surface area (Å²) in [5, 5.41) is 10.3. The first kappa shape index (κ1) is 37.9. The molecule has 2 aliphatic carbocycles. The molecule has 8 unspecified atom stereocenters. The van der Waals surface area contributed by atoms with Crippen molar-refractivity contribution in [3.05, 3.63) is 59.7 Å². The molecule has 0 spiro atoms. The zero-order chi connectivity index (χ0) is 35.8. The molecular weight excluding hydrogens is 641 g/mol. The quantitative estimate of drug-likeness (QED) is 0.138. The lowest BCUT2D eigenvalue weighted by Crippen LogP contribution is -2.75. The van der Waals surface area contributed by atoms with Crippen LogP contribution in [0, 0.1) is 16.7 Å². The molecule has 1 aromatic carbocycles. The number of hydrogen-bond acceptors (Lipinski definition) is 9. The van der Waals surface area contributed by atoms with Gasteiger partial charge in [-0.2, -0.15) is 0 Å². The number of rotatable bonds is 12. The van der Waals surface area contributed by atoms with Gasteiger partial charge < -0.3 is 33.2 Å². The average molecular weight is 699 g/mol. The summed E-state index contributed by atoms with van der Waals surface area (Å²) >= 11 is 0. The number of hydrogen-bond donors (Lipinski definition) is 1. The molecule has 9 atom stereocenters. The van der Waals surface area contributed by atoms with Crippen LogP contribution in [0.5, 0.6) is 0 Å². The molecule has 4 fully saturated rings. The average Bonchev–Trinajstić information content (AvgIpc) is 3.49. The maximum atomic E-state index is 13.9. The van der Waals surface area contributed by atoms with Crippen LogP contribution in [0.15, 0.2) is 54.1 Å². The van der Waals surface area contributed by atoms with E-state index in [1.165, 1.54) is 6.92 Å². The van der Waals surface area contributed by atoms with Crippen LogP contribution in [-0.2, 0) is 32.9 Å². The molecule has 0 amide bonds. The molecule has 2 aliphatic heterocycles. The van der Waals surface area contributed by atoms with Gasteiger partial charge in [0.1, 0.15) is 18.3 Å². The third-order valence-electron chi connectivity index (χ3n) is 12.2. The molecule has 1 N–H and O–H groups in total. The summed E-state index contributed by atoms with van der Waals surface area (Å²) in [5.41, 5.74) is 0.265. The van der Waals surface area contributed by atoms with Crippen LogP contribution in [0.25, 0.3) is 0 Å². The Bertz CT molecular complexity index is 1380. The summed E-state index contributed by atoms with van der Waals surface area (Å²) in [6, 6.07) is 12.0. The molecule has 0 aromatic heterocycles. The summed E-state index contributed by atoms with van der Waals surface area (Å²) in [6.45, 7) is 20.9. The van der Waals surface area contributed by atoms with Gasteiger partial charge in [-0.25, -0.2) is 4.79 Å². The van der Waals surface area contributed by atoms with Gasteiger partial charge in [0.25, 0.3) is 0 Å². The van der Waals surface area contributed by atoms with Crippen molar-refractivity contribution in [1.29, 1.82) is 0 Å². The molecule has 5 rings (SSSR count). The highest BCUT2D eigenvalue weighted by molar-refractivity contribution is 6.73. The fourth-order valence-electron chi connectivity index (χ4n) is 9.64. The minimum atomic E-state index is -2.08. The van der Waals surface area contributed by atoms with E-state index < -0.39 is 67.2 Å². The van der Waals surface area contributed by atoms with Gasteiger partial charge in [0, 0.05) is 24.9 Å². The second-order valence-corrected chi connectivity index (χ2v) is 20.2. The smallest absolute Gasteiger partial charge is 0.338 e. The molecule has 4 aliphatic rings. The highest BCUT2D eigenvalue weighted by Gasteiger charge is 2.72. The monoisotopic (exact) mass is 698 g/mol. The van der Waals surface area contributed by atoms with Crippen LogP contribution in [0.4, 0.5) is 0 Å². The summed E-state index contributed by atoms with van der Waals surface area (Å²) in [4.78, 5) is 26.7. The molecule has 272 valence electrons. The zero-order valence-corrected chi connectivity index (χ0v) is 31.8. The third-order valence-corrected chi connectivity index (χ3v) is 16.9. The van der Waals surface area contributed by atoms with Gasteiger partial charge in [-0.3, -0.25) is 4.79 Å². The number of esters is 2. The van der Waals surface area contributed by atoms with E-state index in [0.29, 0.717) is 31.2 Å². The van der Waals surface area contributed by atoms with Crippen molar-refractivity contribution >= 4 is 20.3 Å². The minimum Gasteiger partial charge on any atom is -0.458 e. The van der Waals surface area contributed by atoms with Crippen LogP contribution in [0.2, 0.25) is 18.1 Å². The van der Waals surface area contributed by atoms with Gasteiger partial charge in [-0.05, 0) is 85.5 Å². The molecule has 2 saturated heterocycles. The summed E-state index contributed by atoms with van der Waals surface area (Å²) < 4.78 is 39.8. The van der Waals surface area contributed by atoms with Crippen molar-refractivity contribution in [2.45, 2.75) is 142 Å². The molecule has 9 nitrogen and oxygen atoms in total. The first-order chi connectivity index (χ1) is 23.2. The maximum absolute atomic E-state index is 13.9. The second-order valence-electron chi connectivity index (χ2n) is 15.4. The third kappa shape index (κ3) is 6.86. The zero-order valence-electron chi connectivity index (χ0n) is 30.8. The molecule has 1 aromatic rings. The summed E-state index contributed by atoms with van der Waals surface area (Å²) in [7, 11) is -2.08. The van der Waals surface area contributed by atoms with Crippen molar-refractivity contribution in [3.63, 3.8) is 0 Å². The Hall–Kier alpha value is -2.34. The first-order valence-electron chi connectivity index (χ1n) is 18.2. The number of aliphatic hydroxyl groups is 1. The van der Waals surface area contributed by atoms with Gasteiger partial charge in [0.05, 0.1) is 24.4 Å². The molecule has 2 saturated carbocycles.